The molecule has 0 N–H and O–H groups in total. The van der Waals surface area contributed by atoms with Gasteiger partial charge in [-0.2, -0.15) is 0 Å². The van der Waals surface area contributed by atoms with Crippen molar-refractivity contribution in [3.05, 3.63) is 23.5 Å². The molecule has 1 fully saturated rings. The van der Waals surface area contributed by atoms with Crippen LogP contribution in [0, 0.1) is 13.8 Å². The molecule has 1 saturated carbocycles. The number of aromatic nitrogens is 1. The van der Waals surface area contributed by atoms with Gasteiger partial charge in [0.05, 0.1) is 0 Å². The first-order chi connectivity index (χ1) is 5.13. The van der Waals surface area contributed by atoms with Crippen molar-refractivity contribution in [3.63, 3.8) is 0 Å². The van der Waals surface area contributed by atoms with Crippen molar-refractivity contribution >= 4 is 0 Å². The zero-order valence-electron chi connectivity index (χ0n) is 7.52. The minimum Gasteiger partial charge on any atom is -0.343 e. The lowest BCUT2D eigenvalue weighted by molar-refractivity contribution is 0.511. The largest absolute Gasteiger partial charge is 0.343 e. The molecule has 1 heteroatoms. The van der Waals surface area contributed by atoms with E-state index >= 15 is 0 Å². The smallest absolute Gasteiger partial charge is 0.0418 e. The molecule has 60 valence electrons. The fourth-order valence-corrected chi connectivity index (χ4v) is 1.92. The van der Waals surface area contributed by atoms with Gasteiger partial charge in [0.1, 0.15) is 0 Å². The minimum atomic E-state index is 0.470. The van der Waals surface area contributed by atoms with Crippen LogP contribution in [0.15, 0.2) is 12.1 Å². The maximum absolute atomic E-state index is 2.47. The van der Waals surface area contributed by atoms with Crippen molar-refractivity contribution < 1.29 is 0 Å². The van der Waals surface area contributed by atoms with Gasteiger partial charge in [-0.05, 0) is 45.7 Å². The molecule has 0 radical (unpaired) electrons. The molecule has 2 rings (SSSR count). The Morgan fingerprint density at radius 2 is 1.64 bits per heavy atom. The Bertz CT molecular complexity index is 260. The van der Waals surface area contributed by atoms with Crippen LogP contribution in [0.1, 0.15) is 31.2 Å². The SMILES string of the molecule is Cc1ccc(C)n1C1(C)CC1. The summed E-state index contributed by atoms with van der Waals surface area (Å²) in [6, 6.07) is 4.41. The summed E-state index contributed by atoms with van der Waals surface area (Å²) in [7, 11) is 0. The summed E-state index contributed by atoms with van der Waals surface area (Å²) in [5.41, 5.74) is 3.28. The molecule has 1 aliphatic rings. The Labute approximate surface area is 68.0 Å². The van der Waals surface area contributed by atoms with Gasteiger partial charge in [0.2, 0.25) is 0 Å². The van der Waals surface area contributed by atoms with Gasteiger partial charge in [-0.15, -0.1) is 0 Å². The van der Waals surface area contributed by atoms with Gasteiger partial charge in [-0.25, -0.2) is 0 Å². The van der Waals surface area contributed by atoms with E-state index in [0.29, 0.717) is 5.54 Å². The molecule has 1 aromatic heterocycles. The van der Waals surface area contributed by atoms with E-state index in [9.17, 15) is 0 Å². The molecule has 0 unspecified atom stereocenters. The van der Waals surface area contributed by atoms with E-state index < -0.39 is 0 Å². The number of rotatable bonds is 1. The summed E-state index contributed by atoms with van der Waals surface area (Å²) in [6.07, 6.45) is 2.70. The van der Waals surface area contributed by atoms with Crippen molar-refractivity contribution in [3.8, 4) is 0 Å². The molecule has 0 amide bonds. The normalized spacial score (nSPS) is 20.3. The van der Waals surface area contributed by atoms with Crippen molar-refractivity contribution in [1.29, 1.82) is 0 Å². The van der Waals surface area contributed by atoms with Crippen LogP contribution >= 0.6 is 0 Å². The highest BCUT2D eigenvalue weighted by Gasteiger charge is 2.40. The van der Waals surface area contributed by atoms with E-state index in [2.05, 4.69) is 37.5 Å². The Morgan fingerprint density at radius 1 is 1.18 bits per heavy atom. The topological polar surface area (TPSA) is 4.93 Å². The van der Waals surface area contributed by atoms with E-state index in [0.717, 1.165) is 0 Å². The molecule has 0 saturated heterocycles. The van der Waals surface area contributed by atoms with Crippen LogP contribution < -0.4 is 0 Å². The molecule has 0 bridgehead atoms. The zero-order valence-corrected chi connectivity index (χ0v) is 7.52. The molecule has 1 nitrogen and oxygen atoms in total. The van der Waals surface area contributed by atoms with Crippen LogP contribution in [0.2, 0.25) is 0 Å². The summed E-state index contributed by atoms with van der Waals surface area (Å²) in [5.74, 6) is 0. The van der Waals surface area contributed by atoms with Gasteiger partial charge in [0.25, 0.3) is 0 Å². The van der Waals surface area contributed by atoms with Crippen LogP contribution in [0.5, 0.6) is 0 Å². The predicted molar refractivity (Wildman–Crippen MR) is 46.8 cm³/mol. The molecule has 0 atom stereocenters. The summed E-state index contributed by atoms with van der Waals surface area (Å²) in [4.78, 5) is 0. The lowest BCUT2D eigenvalue weighted by Crippen LogP contribution is -2.14. The number of hydrogen-bond donors (Lipinski definition) is 0. The molecular formula is C10H15N. The maximum Gasteiger partial charge on any atom is 0.0418 e. The van der Waals surface area contributed by atoms with E-state index in [1.807, 2.05) is 0 Å². The average molecular weight is 149 g/mol. The van der Waals surface area contributed by atoms with Gasteiger partial charge >= 0.3 is 0 Å². The van der Waals surface area contributed by atoms with Gasteiger partial charge in [0, 0.05) is 16.9 Å². The fraction of sp³-hybridized carbons (Fsp3) is 0.600. The van der Waals surface area contributed by atoms with Crippen molar-refractivity contribution in [1.82, 2.24) is 4.57 Å². The average Bonchev–Trinajstić information content (AvgIpc) is 2.56. The first kappa shape index (κ1) is 6.96. The van der Waals surface area contributed by atoms with Crippen LogP contribution in [-0.2, 0) is 5.54 Å². The lowest BCUT2D eigenvalue weighted by atomic mass is 10.3. The molecule has 0 aromatic carbocycles. The fourth-order valence-electron chi connectivity index (χ4n) is 1.92. The van der Waals surface area contributed by atoms with Crippen LogP contribution in [-0.4, -0.2) is 4.57 Å². The summed E-state index contributed by atoms with van der Waals surface area (Å²) >= 11 is 0. The highest BCUT2D eigenvalue weighted by Crippen LogP contribution is 2.44. The number of hydrogen-bond acceptors (Lipinski definition) is 0. The van der Waals surface area contributed by atoms with Crippen molar-refractivity contribution in [2.45, 2.75) is 39.2 Å². The standard InChI is InChI=1S/C10H15N/c1-8-4-5-9(2)11(8)10(3)6-7-10/h4-5H,6-7H2,1-3H3. The number of nitrogens with zero attached hydrogens (tertiary/aromatic N) is 1. The molecular weight excluding hydrogens is 134 g/mol. The van der Waals surface area contributed by atoms with E-state index in [1.54, 1.807) is 0 Å². The zero-order chi connectivity index (χ0) is 8.06. The Hall–Kier alpha value is -0.720. The highest BCUT2D eigenvalue weighted by atomic mass is 15.1. The Kier molecular flexibility index (Phi) is 1.20. The maximum atomic E-state index is 2.47. The highest BCUT2D eigenvalue weighted by molar-refractivity contribution is 5.19. The number of aryl methyl sites for hydroxylation is 2. The lowest BCUT2D eigenvalue weighted by Gasteiger charge is -2.16. The van der Waals surface area contributed by atoms with Gasteiger partial charge in [-0.3, -0.25) is 0 Å². The molecule has 1 aliphatic carbocycles. The third-order valence-corrected chi connectivity index (χ3v) is 2.78. The van der Waals surface area contributed by atoms with Gasteiger partial charge < -0.3 is 4.57 Å². The Morgan fingerprint density at radius 3 is 2.00 bits per heavy atom. The van der Waals surface area contributed by atoms with Gasteiger partial charge in [0.15, 0.2) is 0 Å². The monoisotopic (exact) mass is 149 g/mol. The second kappa shape index (κ2) is 1.90. The van der Waals surface area contributed by atoms with Crippen LogP contribution in [0.25, 0.3) is 0 Å². The van der Waals surface area contributed by atoms with Crippen molar-refractivity contribution in [2.75, 3.05) is 0 Å². The minimum absolute atomic E-state index is 0.470. The molecule has 0 aliphatic heterocycles. The van der Waals surface area contributed by atoms with Crippen molar-refractivity contribution in [2.24, 2.45) is 0 Å². The summed E-state index contributed by atoms with van der Waals surface area (Å²) in [5, 5.41) is 0. The first-order valence-corrected chi connectivity index (χ1v) is 4.29. The van der Waals surface area contributed by atoms with Gasteiger partial charge in [-0.1, -0.05) is 0 Å². The molecule has 11 heavy (non-hydrogen) atoms. The molecule has 0 spiro atoms. The second-order valence-electron chi connectivity index (χ2n) is 3.95. The van der Waals surface area contributed by atoms with E-state index in [-0.39, 0.29) is 0 Å². The predicted octanol–water partition coefficient (Wildman–Crippen LogP) is 2.61. The molecule has 1 aromatic rings. The summed E-state index contributed by atoms with van der Waals surface area (Å²) in [6.45, 7) is 6.72. The van der Waals surface area contributed by atoms with Crippen LogP contribution in [0.3, 0.4) is 0 Å². The van der Waals surface area contributed by atoms with Crippen LogP contribution in [0.4, 0.5) is 0 Å². The third-order valence-electron chi connectivity index (χ3n) is 2.78. The second-order valence-corrected chi connectivity index (χ2v) is 3.95. The summed E-state index contributed by atoms with van der Waals surface area (Å²) < 4.78 is 2.47. The third kappa shape index (κ3) is 0.907. The molecule has 1 heterocycles. The van der Waals surface area contributed by atoms with E-state index in [1.165, 1.54) is 24.2 Å². The van der Waals surface area contributed by atoms with E-state index in [4.69, 9.17) is 0 Å². The first-order valence-electron chi connectivity index (χ1n) is 4.29. The Balaban J connectivity index is 2.50. The quantitative estimate of drug-likeness (QED) is 0.578.